The minimum absolute atomic E-state index is 0.0422. The van der Waals surface area contributed by atoms with E-state index in [1.165, 1.54) is 5.56 Å². The third-order valence-electron chi connectivity index (χ3n) is 3.75. The van der Waals surface area contributed by atoms with Crippen LogP contribution in [-0.4, -0.2) is 18.9 Å². The fourth-order valence-electron chi connectivity index (χ4n) is 2.56. The van der Waals surface area contributed by atoms with Crippen molar-refractivity contribution in [1.29, 1.82) is 0 Å². The number of halogens is 1. The van der Waals surface area contributed by atoms with Gasteiger partial charge < -0.3 is 9.30 Å². The molecule has 0 N–H and O–H groups in total. The molecule has 0 aliphatic rings. The summed E-state index contributed by atoms with van der Waals surface area (Å²) in [6.45, 7) is 2.13. The zero-order valence-corrected chi connectivity index (χ0v) is 14.5. The molecular formula is C18H20FNO2S. The van der Waals surface area contributed by atoms with Gasteiger partial charge >= 0.3 is 0 Å². The lowest BCUT2D eigenvalue weighted by atomic mass is 10.0. The second-order valence-corrected chi connectivity index (χ2v) is 5.93. The highest BCUT2D eigenvalue weighted by Crippen LogP contribution is 2.36. The van der Waals surface area contributed by atoms with Crippen molar-refractivity contribution in [2.24, 2.45) is 7.05 Å². The van der Waals surface area contributed by atoms with E-state index in [1.54, 1.807) is 30.1 Å². The average molecular weight is 333 g/mol. The fourth-order valence-corrected chi connectivity index (χ4v) is 3.48. The maximum Gasteiger partial charge on any atom is 0.259 e. The number of nitrogens with zero attached hydrogens (tertiary/aromatic N) is 1. The number of hydrogen-bond acceptors (Lipinski definition) is 3. The molecule has 2 aromatic heterocycles. The number of methoxy groups -OCH3 is 1. The number of ether oxygens (including phenoxy) is 1. The van der Waals surface area contributed by atoms with Crippen LogP contribution in [0.4, 0.5) is 4.39 Å². The summed E-state index contributed by atoms with van der Waals surface area (Å²) in [6.07, 6.45) is 2.87. The highest BCUT2D eigenvalue weighted by molar-refractivity contribution is 7.17. The van der Waals surface area contributed by atoms with Crippen LogP contribution < -0.4 is 10.3 Å². The first kappa shape index (κ1) is 17.2. The number of alkyl halides is 1. The number of rotatable bonds is 3. The first-order chi connectivity index (χ1) is 11.2. The first-order valence-electron chi connectivity index (χ1n) is 7.27. The molecule has 0 atom stereocenters. The molecule has 0 saturated carbocycles. The van der Waals surface area contributed by atoms with Gasteiger partial charge in [0.25, 0.3) is 5.56 Å². The van der Waals surface area contributed by atoms with Crippen LogP contribution in [0.25, 0.3) is 21.2 Å². The summed E-state index contributed by atoms with van der Waals surface area (Å²) in [5, 5.41) is 2.73. The molecule has 2 heterocycles. The normalized spacial score (nSPS) is 10.3. The summed E-state index contributed by atoms with van der Waals surface area (Å²) in [4.78, 5) is 12.2. The molecule has 1 aromatic carbocycles. The van der Waals surface area contributed by atoms with E-state index in [1.807, 2.05) is 23.7 Å². The highest BCUT2D eigenvalue weighted by atomic mass is 32.1. The molecule has 0 aliphatic carbocycles. The Hall–Kier alpha value is -2.14. The molecule has 23 heavy (non-hydrogen) atoms. The Labute approximate surface area is 139 Å². The molecular weight excluding hydrogens is 313 g/mol. The van der Waals surface area contributed by atoms with E-state index in [0.29, 0.717) is 7.18 Å². The van der Waals surface area contributed by atoms with Gasteiger partial charge in [-0.3, -0.25) is 9.18 Å². The van der Waals surface area contributed by atoms with Crippen LogP contribution in [0.5, 0.6) is 5.75 Å². The number of pyridine rings is 1. The summed E-state index contributed by atoms with van der Waals surface area (Å²) in [6, 6.07) is 8.12. The van der Waals surface area contributed by atoms with Crippen LogP contribution >= 0.6 is 11.3 Å². The number of fused-ring (bicyclic) bond motifs is 1. The quantitative estimate of drug-likeness (QED) is 0.710. The number of hydrogen-bond donors (Lipinski definition) is 0. The molecule has 0 spiro atoms. The van der Waals surface area contributed by atoms with Crippen LogP contribution in [0.3, 0.4) is 0 Å². The Balaban J connectivity index is 0.000000924. The van der Waals surface area contributed by atoms with Gasteiger partial charge in [0.05, 0.1) is 19.7 Å². The van der Waals surface area contributed by atoms with Crippen LogP contribution in [0.15, 0.2) is 40.6 Å². The molecule has 0 aliphatic heterocycles. The molecule has 3 aromatic rings. The van der Waals surface area contributed by atoms with Gasteiger partial charge in [-0.2, -0.15) is 0 Å². The summed E-state index contributed by atoms with van der Waals surface area (Å²) >= 11 is 1.60. The first-order valence-corrected chi connectivity index (χ1v) is 8.15. The van der Waals surface area contributed by atoms with Crippen LogP contribution in [0.1, 0.15) is 12.5 Å². The Morgan fingerprint density at radius 3 is 2.61 bits per heavy atom. The topological polar surface area (TPSA) is 31.2 Å². The molecule has 0 bridgehead atoms. The summed E-state index contributed by atoms with van der Waals surface area (Å²) in [5.41, 5.74) is 3.39. The maximum atomic E-state index is 12.2. The van der Waals surface area contributed by atoms with E-state index in [2.05, 4.69) is 19.1 Å². The Morgan fingerprint density at radius 2 is 1.96 bits per heavy atom. The van der Waals surface area contributed by atoms with Gasteiger partial charge in [-0.25, -0.2) is 0 Å². The van der Waals surface area contributed by atoms with Gasteiger partial charge in [0, 0.05) is 29.1 Å². The molecule has 0 saturated heterocycles. The fraction of sp³-hybridized carbons (Fsp3) is 0.278. The molecule has 0 unspecified atom stereocenters. The predicted molar refractivity (Wildman–Crippen MR) is 95.5 cm³/mol. The van der Waals surface area contributed by atoms with Crippen molar-refractivity contribution in [3.8, 4) is 16.9 Å². The van der Waals surface area contributed by atoms with E-state index < -0.39 is 0 Å². The summed E-state index contributed by atoms with van der Waals surface area (Å²) in [7, 11) is 3.97. The molecule has 122 valence electrons. The van der Waals surface area contributed by atoms with Gasteiger partial charge in [-0.1, -0.05) is 13.0 Å². The zero-order chi connectivity index (χ0) is 17.0. The Kier molecular flexibility index (Phi) is 5.55. The van der Waals surface area contributed by atoms with Crippen molar-refractivity contribution >= 4 is 21.4 Å². The van der Waals surface area contributed by atoms with Crippen LogP contribution in [0, 0.1) is 0 Å². The zero-order valence-electron chi connectivity index (χ0n) is 13.7. The van der Waals surface area contributed by atoms with E-state index in [9.17, 15) is 9.18 Å². The van der Waals surface area contributed by atoms with Gasteiger partial charge in [-0.05, 0) is 35.6 Å². The summed E-state index contributed by atoms with van der Waals surface area (Å²) in [5.74, 6) is 0.834. The van der Waals surface area contributed by atoms with Crippen molar-refractivity contribution < 1.29 is 9.13 Å². The lowest BCUT2D eigenvalue weighted by molar-refractivity contribution is 0.416. The second kappa shape index (κ2) is 7.42. The van der Waals surface area contributed by atoms with Crippen LogP contribution in [0.2, 0.25) is 0 Å². The lowest BCUT2D eigenvalue weighted by Gasteiger charge is -2.12. The van der Waals surface area contributed by atoms with E-state index in [4.69, 9.17) is 4.74 Å². The smallest absolute Gasteiger partial charge is 0.259 e. The molecule has 0 fully saturated rings. The van der Waals surface area contributed by atoms with E-state index in [-0.39, 0.29) is 5.56 Å². The molecule has 0 radical (unpaired) electrons. The van der Waals surface area contributed by atoms with Crippen molar-refractivity contribution in [1.82, 2.24) is 4.57 Å². The van der Waals surface area contributed by atoms with Crippen LogP contribution in [-0.2, 0) is 13.5 Å². The van der Waals surface area contributed by atoms with Crippen molar-refractivity contribution in [2.75, 3.05) is 14.3 Å². The number of aromatic nitrogens is 1. The Bertz CT molecular complexity index is 867. The highest BCUT2D eigenvalue weighted by Gasteiger charge is 2.14. The molecule has 3 rings (SSSR count). The number of benzene rings is 1. The molecule has 3 nitrogen and oxygen atoms in total. The third kappa shape index (κ3) is 3.15. The lowest BCUT2D eigenvalue weighted by Crippen LogP contribution is -2.15. The number of thiophene rings is 1. The van der Waals surface area contributed by atoms with E-state index >= 15 is 0 Å². The maximum absolute atomic E-state index is 12.2. The third-order valence-corrected chi connectivity index (χ3v) is 4.69. The monoisotopic (exact) mass is 333 g/mol. The Morgan fingerprint density at radius 1 is 1.22 bits per heavy atom. The SMILES string of the molecule is CCc1ccc(OC)c(-c2cn(C)c(=O)c3ccsc23)c1.CF. The molecule has 5 heteroatoms. The van der Waals surface area contributed by atoms with Crippen molar-refractivity contribution in [2.45, 2.75) is 13.3 Å². The largest absolute Gasteiger partial charge is 0.496 e. The van der Waals surface area contributed by atoms with Gasteiger partial charge in [-0.15, -0.1) is 11.3 Å². The van der Waals surface area contributed by atoms with Gasteiger partial charge in [0.15, 0.2) is 0 Å². The second-order valence-electron chi connectivity index (χ2n) is 5.01. The summed E-state index contributed by atoms with van der Waals surface area (Å²) < 4.78 is 17.7. The van der Waals surface area contributed by atoms with Gasteiger partial charge in [0.1, 0.15) is 5.75 Å². The number of aryl methyl sites for hydroxylation is 2. The van der Waals surface area contributed by atoms with E-state index in [0.717, 1.165) is 33.4 Å². The minimum Gasteiger partial charge on any atom is -0.496 e. The molecule has 0 amide bonds. The minimum atomic E-state index is 0.0422. The van der Waals surface area contributed by atoms with Crippen molar-refractivity contribution in [3.05, 3.63) is 51.8 Å². The standard InChI is InChI=1S/C17H17NO2S.CH3F/c1-4-11-5-6-15(20-3)13(9-11)14-10-18(2)17(19)12-7-8-21-16(12)14;1-2/h5-10H,4H2,1-3H3;1H3. The van der Waals surface area contributed by atoms with Crippen molar-refractivity contribution in [3.63, 3.8) is 0 Å². The van der Waals surface area contributed by atoms with Gasteiger partial charge in [0.2, 0.25) is 0 Å². The average Bonchev–Trinajstić information content (AvgIpc) is 3.09. The predicted octanol–water partition coefficient (Wildman–Crippen LogP) is 4.42.